The predicted octanol–water partition coefficient (Wildman–Crippen LogP) is 1.74. The fourth-order valence-corrected chi connectivity index (χ4v) is 2.07. The minimum atomic E-state index is -0.273. The van der Waals surface area contributed by atoms with Crippen LogP contribution in [0.2, 0.25) is 5.02 Å². The Bertz CT molecular complexity index is 615. The molecule has 2 aromatic rings. The van der Waals surface area contributed by atoms with Crippen LogP contribution in [0.25, 0.3) is 0 Å². The summed E-state index contributed by atoms with van der Waals surface area (Å²) in [5.74, 6) is -0.273. The molecule has 0 aliphatic carbocycles. The first-order valence-electron chi connectivity index (χ1n) is 6.53. The molecule has 2 rings (SSSR count). The van der Waals surface area contributed by atoms with Crippen LogP contribution in [0.5, 0.6) is 0 Å². The molecule has 112 valence electrons. The van der Waals surface area contributed by atoms with Crippen molar-refractivity contribution in [3.05, 3.63) is 46.7 Å². The highest BCUT2D eigenvalue weighted by Crippen LogP contribution is 2.15. The Morgan fingerprint density at radius 1 is 1.48 bits per heavy atom. The summed E-state index contributed by atoms with van der Waals surface area (Å²) in [6.45, 7) is 2.77. The molecular weight excluding hydrogens is 292 g/mol. The van der Waals surface area contributed by atoms with Gasteiger partial charge in [-0.1, -0.05) is 35.0 Å². The highest BCUT2D eigenvalue weighted by atomic mass is 35.5. The molecule has 7 heteroatoms. The summed E-state index contributed by atoms with van der Waals surface area (Å²) in [5.41, 5.74) is 1.19. The van der Waals surface area contributed by atoms with Crippen molar-refractivity contribution in [3.8, 4) is 0 Å². The molecule has 1 N–H and O–H groups in total. The van der Waals surface area contributed by atoms with Gasteiger partial charge in [0.25, 0.3) is 5.91 Å². The molecule has 0 radical (unpaired) electrons. The van der Waals surface area contributed by atoms with Crippen molar-refractivity contribution >= 4 is 17.5 Å². The maximum Gasteiger partial charge on any atom is 0.273 e. The van der Waals surface area contributed by atoms with Gasteiger partial charge in [0, 0.05) is 18.2 Å². The highest BCUT2D eigenvalue weighted by Gasteiger charge is 2.13. The number of nitrogens with one attached hydrogen (secondary N) is 1. The van der Waals surface area contributed by atoms with Crippen LogP contribution in [0.4, 0.5) is 0 Å². The van der Waals surface area contributed by atoms with Crippen molar-refractivity contribution in [2.45, 2.75) is 19.5 Å². The van der Waals surface area contributed by atoms with Gasteiger partial charge < -0.3 is 10.1 Å². The molecule has 21 heavy (non-hydrogen) atoms. The van der Waals surface area contributed by atoms with E-state index < -0.39 is 0 Å². The molecule has 6 nitrogen and oxygen atoms in total. The van der Waals surface area contributed by atoms with Crippen molar-refractivity contribution in [3.63, 3.8) is 0 Å². The number of carbonyl (C=O) groups excluding carboxylic acids is 1. The maximum atomic E-state index is 12.0. The predicted molar refractivity (Wildman–Crippen MR) is 79.4 cm³/mol. The fraction of sp³-hybridized carbons (Fsp3) is 0.357. The van der Waals surface area contributed by atoms with Gasteiger partial charge in [-0.2, -0.15) is 0 Å². The topological polar surface area (TPSA) is 69.0 Å². The lowest BCUT2D eigenvalue weighted by molar-refractivity contribution is 0.0900. The lowest BCUT2D eigenvalue weighted by atomic mass is 10.2. The average molecular weight is 309 g/mol. The number of benzene rings is 1. The second kappa shape index (κ2) is 7.19. The van der Waals surface area contributed by atoms with Gasteiger partial charge in [0.05, 0.1) is 19.3 Å². The third-order valence-electron chi connectivity index (χ3n) is 2.86. The van der Waals surface area contributed by atoms with E-state index in [2.05, 4.69) is 15.6 Å². The normalized spacial score (nSPS) is 12.1. The molecule has 1 heterocycles. The molecule has 0 saturated carbocycles. The first-order chi connectivity index (χ1) is 10.1. The number of rotatable bonds is 6. The van der Waals surface area contributed by atoms with Gasteiger partial charge in [-0.15, -0.1) is 5.10 Å². The third kappa shape index (κ3) is 4.27. The molecule has 1 aromatic carbocycles. The average Bonchev–Trinajstić information content (AvgIpc) is 2.90. The van der Waals surface area contributed by atoms with Crippen LogP contribution in [-0.4, -0.2) is 40.7 Å². The van der Waals surface area contributed by atoms with Crippen LogP contribution in [0.15, 0.2) is 30.5 Å². The van der Waals surface area contributed by atoms with Gasteiger partial charge >= 0.3 is 0 Å². The van der Waals surface area contributed by atoms with Crippen molar-refractivity contribution in [2.75, 3.05) is 13.7 Å². The van der Waals surface area contributed by atoms with Crippen LogP contribution in [0.3, 0.4) is 0 Å². The Morgan fingerprint density at radius 2 is 2.24 bits per heavy atom. The van der Waals surface area contributed by atoms with E-state index in [-0.39, 0.29) is 17.6 Å². The first kappa shape index (κ1) is 15.5. The number of hydrogen-bond acceptors (Lipinski definition) is 4. The molecule has 0 fully saturated rings. The molecule has 1 unspecified atom stereocenters. The van der Waals surface area contributed by atoms with E-state index in [0.717, 1.165) is 5.56 Å². The SMILES string of the molecule is COCC(C)NC(=O)c1cn(Cc2ccccc2Cl)nn1. The minimum Gasteiger partial charge on any atom is -0.383 e. The molecule has 0 saturated heterocycles. The number of nitrogens with zero attached hydrogens (tertiary/aromatic N) is 3. The Hall–Kier alpha value is -1.92. The van der Waals surface area contributed by atoms with Crippen molar-refractivity contribution in [2.24, 2.45) is 0 Å². The van der Waals surface area contributed by atoms with E-state index in [0.29, 0.717) is 18.2 Å². The van der Waals surface area contributed by atoms with Gasteiger partial charge in [-0.25, -0.2) is 4.68 Å². The van der Waals surface area contributed by atoms with E-state index in [9.17, 15) is 4.79 Å². The summed E-state index contributed by atoms with van der Waals surface area (Å²) in [4.78, 5) is 12.0. The van der Waals surface area contributed by atoms with Crippen molar-refractivity contribution in [1.29, 1.82) is 0 Å². The van der Waals surface area contributed by atoms with Crippen LogP contribution in [-0.2, 0) is 11.3 Å². The van der Waals surface area contributed by atoms with Crippen molar-refractivity contribution in [1.82, 2.24) is 20.3 Å². The number of halogens is 1. The lowest BCUT2D eigenvalue weighted by Gasteiger charge is -2.10. The summed E-state index contributed by atoms with van der Waals surface area (Å²) in [7, 11) is 1.59. The summed E-state index contributed by atoms with van der Waals surface area (Å²) in [6.07, 6.45) is 1.60. The third-order valence-corrected chi connectivity index (χ3v) is 3.22. The summed E-state index contributed by atoms with van der Waals surface area (Å²) in [5, 5.41) is 11.3. The number of hydrogen-bond donors (Lipinski definition) is 1. The molecule has 0 spiro atoms. The zero-order chi connectivity index (χ0) is 15.2. The number of ether oxygens (including phenoxy) is 1. The summed E-state index contributed by atoms with van der Waals surface area (Å²) in [6, 6.07) is 7.40. The van der Waals surface area contributed by atoms with E-state index in [4.69, 9.17) is 16.3 Å². The van der Waals surface area contributed by atoms with Gasteiger partial charge in [-0.3, -0.25) is 4.79 Å². The second-order valence-electron chi connectivity index (χ2n) is 4.72. The minimum absolute atomic E-state index is 0.0868. The van der Waals surface area contributed by atoms with E-state index >= 15 is 0 Å². The van der Waals surface area contributed by atoms with Gasteiger partial charge in [0.1, 0.15) is 0 Å². The first-order valence-corrected chi connectivity index (χ1v) is 6.91. The van der Waals surface area contributed by atoms with E-state index in [1.54, 1.807) is 18.0 Å². The molecule has 1 atom stereocenters. The summed E-state index contributed by atoms with van der Waals surface area (Å²) < 4.78 is 6.55. The van der Waals surface area contributed by atoms with Crippen LogP contribution >= 0.6 is 11.6 Å². The molecule has 0 bridgehead atoms. The Balaban J connectivity index is 2.01. The van der Waals surface area contributed by atoms with E-state index in [1.165, 1.54) is 0 Å². The highest BCUT2D eigenvalue weighted by molar-refractivity contribution is 6.31. The molecule has 0 aliphatic heterocycles. The number of aromatic nitrogens is 3. The van der Waals surface area contributed by atoms with Gasteiger partial charge in [0.2, 0.25) is 0 Å². The Kier molecular flexibility index (Phi) is 5.30. The van der Waals surface area contributed by atoms with Crippen LogP contribution in [0, 0.1) is 0 Å². The zero-order valence-electron chi connectivity index (χ0n) is 11.9. The van der Waals surface area contributed by atoms with Crippen LogP contribution in [0.1, 0.15) is 23.0 Å². The summed E-state index contributed by atoms with van der Waals surface area (Å²) >= 11 is 6.09. The second-order valence-corrected chi connectivity index (χ2v) is 5.13. The number of amides is 1. The van der Waals surface area contributed by atoms with Gasteiger partial charge in [0.15, 0.2) is 5.69 Å². The van der Waals surface area contributed by atoms with Gasteiger partial charge in [-0.05, 0) is 18.6 Å². The molecular formula is C14H17ClN4O2. The monoisotopic (exact) mass is 308 g/mol. The molecule has 1 aromatic heterocycles. The Morgan fingerprint density at radius 3 is 2.95 bits per heavy atom. The number of methoxy groups -OCH3 is 1. The molecule has 0 aliphatic rings. The lowest BCUT2D eigenvalue weighted by Crippen LogP contribution is -2.35. The fourth-order valence-electron chi connectivity index (χ4n) is 1.87. The zero-order valence-corrected chi connectivity index (χ0v) is 12.7. The van der Waals surface area contributed by atoms with E-state index in [1.807, 2.05) is 31.2 Å². The maximum absolute atomic E-state index is 12.0. The Labute approximate surface area is 128 Å². The van der Waals surface area contributed by atoms with Crippen molar-refractivity contribution < 1.29 is 9.53 Å². The van der Waals surface area contributed by atoms with Crippen LogP contribution < -0.4 is 5.32 Å². The largest absolute Gasteiger partial charge is 0.383 e. The molecule has 1 amide bonds. The standard InChI is InChI=1S/C14H17ClN4O2/c1-10(9-21-2)16-14(20)13-8-19(18-17-13)7-11-5-3-4-6-12(11)15/h3-6,8,10H,7,9H2,1-2H3,(H,16,20). The smallest absolute Gasteiger partial charge is 0.273 e. The quantitative estimate of drug-likeness (QED) is 0.882. The number of carbonyl (C=O) groups is 1.